The normalized spacial score (nSPS) is 15.4. The molecule has 0 unspecified atom stereocenters. The predicted molar refractivity (Wildman–Crippen MR) is 114 cm³/mol. The van der Waals surface area contributed by atoms with Crippen LogP contribution in [0.2, 0.25) is 0 Å². The summed E-state index contributed by atoms with van der Waals surface area (Å²) in [6.45, 7) is 2.08. The van der Waals surface area contributed by atoms with E-state index in [9.17, 15) is 0 Å². The molecule has 0 atom stereocenters. The zero-order valence-electron chi connectivity index (χ0n) is 16.5. The lowest BCUT2D eigenvalue weighted by atomic mass is 10.1. The molecule has 1 aromatic carbocycles. The summed E-state index contributed by atoms with van der Waals surface area (Å²) in [5.74, 6) is 6.29. The van der Waals surface area contributed by atoms with E-state index in [-0.39, 0.29) is 0 Å². The zero-order chi connectivity index (χ0) is 20.2. The highest BCUT2D eigenvalue weighted by Crippen LogP contribution is 2.24. The van der Waals surface area contributed by atoms with Gasteiger partial charge in [0.05, 0.1) is 17.9 Å². The van der Waals surface area contributed by atoms with Crippen LogP contribution in [0.1, 0.15) is 24.4 Å². The van der Waals surface area contributed by atoms with Gasteiger partial charge in [-0.1, -0.05) is 18.2 Å². The van der Waals surface area contributed by atoms with Crippen molar-refractivity contribution in [1.82, 2.24) is 30.1 Å². The Morgan fingerprint density at radius 2 is 1.90 bits per heavy atom. The molecule has 0 radical (unpaired) electrons. The van der Waals surface area contributed by atoms with Gasteiger partial charge in [-0.15, -0.1) is 0 Å². The van der Waals surface area contributed by atoms with E-state index < -0.39 is 0 Å². The van der Waals surface area contributed by atoms with E-state index in [1.807, 2.05) is 42.9 Å². The fourth-order valence-electron chi connectivity index (χ4n) is 3.52. The van der Waals surface area contributed by atoms with Gasteiger partial charge in [0.2, 0.25) is 0 Å². The van der Waals surface area contributed by atoms with E-state index >= 15 is 0 Å². The maximum Gasteiger partial charge on any atom is 0.159 e. The molecule has 8 nitrogen and oxygen atoms in total. The standard InChI is InChI=1S/C21H26N8/c1-28(23)14-20(22)15-3-2-4-16(9-15)21-25-10-17(11-26-21)18-12-27-29(13-18)19-5-7-24-8-6-19/h2-4,9-14,19,24H,5-8,22-23H2,1H3/b20-14-. The van der Waals surface area contributed by atoms with Crippen molar-refractivity contribution >= 4 is 5.70 Å². The molecule has 0 amide bonds. The van der Waals surface area contributed by atoms with Crippen LogP contribution in [0.5, 0.6) is 0 Å². The first-order valence-electron chi connectivity index (χ1n) is 9.73. The summed E-state index contributed by atoms with van der Waals surface area (Å²) in [7, 11) is 1.73. The van der Waals surface area contributed by atoms with Gasteiger partial charge in [0.25, 0.3) is 0 Å². The average Bonchev–Trinajstić information content (AvgIpc) is 3.24. The van der Waals surface area contributed by atoms with Crippen molar-refractivity contribution in [3.8, 4) is 22.5 Å². The summed E-state index contributed by atoms with van der Waals surface area (Å²) in [5.41, 5.74) is 10.4. The summed E-state index contributed by atoms with van der Waals surface area (Å²) in [5, 5.41) is 9.36. The van der Waals surface area contributed by atoms with Gasteiger partial charge < -0.3 is 16.1 Å². The molecule has 8 heteroatoms. The number of hydrogen-bond acceptors (Lipinski definition) is 7. The highest BCUT2D eigenvalue weighted by molar-refractivity contribution is 5.69. The number of benzene rings is 1. The van der Waals surface area contributed by atoms with Gasteiger partial charge in [0.15, 0.2) is 5.82 Å². The van der Waals surface area contributed by atoms with Crippen LogP contribution in [0.4, 0.5) is 0 Å². The van der Waals surface area contributed by atoms with Crippen molar-refractivity contribution in [3.05, 3.63) is 60.8 Å². The minimum absolute atomic E-state index is 0.457. The number of aromatic nitrogens is 4. The Kier molecular flexibility index (Phi) is 5.55. The maximum atomic E-state index is 6.09. The van der Waals surface area contributed by atoms with E-state index in [0.29, 0.717) is 17.6 Å². The molecular formula is C21H26N8. The number of piperidine rings is 1. The molecule has 29 heavy (non-hydrogen) atoms. The highest BCUT2D eigenvalue weighted by Gasteiger charge is 2.16. The van der Waals surface area contributed by atoms with Crippen LogP contribution in [0.25, 0.3) is 28.2 Å². The summed E-state index contributed by atoms with van der Waals surface area (Å²) < 4.78 is 2.07. The van der Waals surface area contributed by atoms with E-state index in [2.05, 4.69) is 31.3 Å². The third-order valence-corrected chi connectivity index (χ3v) is 5.07. The van der Waals surface area contributed by atoms with Gasteiger partial charge >= 0.3 is 0 Å². The molecule has 5 N–H and O–H groups in total. The van der Waals surface area contributed by atoms with Gasteiger partial charge in [-0.2, -0.15) is 5.10 Å². The van der Waals surface area contributed by atoms with Crippen molar-refractivity contribution in [2.24, 2.45) is 11.6 Å². The highest BCUT2D eigenvalue weighted by atomic mass is 15.4. The van der Waals surface area contributed by atoms with E-state index in [4.69, 9.17) is 11.6 Å². The van der Waals surface area contributed by atoms with Crippen LogP contribution >= 0.6 is 0 Å². The van der Waals surface area contributed by atoms with Crippen LogP contribution in [0.3, 0.4) is 0 Å². The average molecular weight is 390 g/mol. The van der Waals surface area contributed by atoms with Crippen LogP contribution in [-0.2, 0) is 0 Å². The van der Waals surface area contributed by atoms with Crippen molar-refractivity contribution < 1.29 is 0 Å². The third-order valence-electron chi connectivity index (χ3n) is 5.07. The van der Waals surface area contributed by atoms with Crippen molar-refractivity contribution in [1.29, 1.82) is 0 Å². The van der Waals surface area contributed by atoms with Crippen LogP contribution in [0.15, 0.2) is 55.3 Å². The summed E-state index contributed by atoms with van der Waals surface area (Å²) in [4.78, 5) is 9.11. The Balaban J connectivity index is 1.53. The molecule has 1 saturated heterocycles. The van der Waals surface area contributed by atoms with Gasteiger partial charge in [0, 0.05) is 48.5 Å². The van der Waals surface area contributed by atoms with Gasteiger partial charge in [-0.05, 0) is 37.6 Å². The third kappa shape index (κ3) is 4.44. The first-order chi connectivity index (χ1) is 14.1. The molecule has 3 heterocycles. The Hall–Kier alpha value is -3.23. The zero-order valence-corrected chi connectivity index (χ0v) is 16.5. The second-order valence-corrected chi connectivity index (χ2v) is 7.32. The Bertz CT molecular complexity index is 984. The molecule has 0 spiro atoms. The lowest BCUT2D eigenvalue weighted by molar-refractivity contribution is 0.343. The lowest BCUT2D eigenvalue weighted by Crippen LogP contribution is -2.29. The van der Waals surface area contributed by atoms with Crippen LogP contribution < -0.4 is 16.9 Å². The molecule has 0 bridgehead atoms. The van der Waals surface area contributed by atoms with Crippen LogP contribution in [0, 0.1) is 0 Å². The van der Waals surface area contributed by atoms with Crippen LogP contribution in [-0.4, -0.2) is 44.9 Å². The summed E-state index contributed by atoms with van der Waals surface area (Å²) >= 11 is 0. The molecule has 4 rings (SSSR count). The topological polar surface area (TPSA) is 111 Å². The van der Waals surface area contributed by atoms with Gasteiger partial charge in [0.1, 0.15) is 0 Å². The second kappa shape index (κ2) is 8.42. The SMILES string of the molecule is CN(N)/C=C(\N)c1cccc(-c2ncc(-c3cnn(C4CCNCC4)c3)cn2)c1. The van der Waals surface area contributed by atoms with Crippen molar-refractivity contribution in [2.45, 2.75) is 18.9 Å². The molecule has 1 aliphatic rings. The second-order valence-electron chi connectivity index (χ2n) is 7.32. The molecule has 0 saturated carbocycles. The molecule has 150 valence electrons. The smallest absolute Gasteiger partial charge is 0.159 e. The number of rotatable bonds is 5. The number of nitrogens with zero attached hydrogens (tertiary/aromatic N) is 5. The maximum absolute atomic E-state index is 6.09. The van der Waals surface area contributed by atoms with Gasteiger partial charge in [-0.25, -0.2) is 15.8 Å². The van der Waals surface area contributed by atoms with E-state index in [0.717, 1.165) is 48.2 Å². The summed E-state index contributed by atoms with van der Waals surface area (Å²) in [6.07, 6.45) is 11.5. The fraction of sp³-hybridized carbons (Fsp3) is 0.286. The lowest BCUT2D eigenvalue weighted by Gasteiger charge is -2.22. The number of nitrogens with one attached hydrogen (secondary N) is 1. The molecule has 3 aromatic rings. The Labute approximate surface area is 170 Å². The number of nitrogens with two attached hydrogens (primary N) is 2. The molecule has 2 aromatic heterocycles. The first kappa shape index (κ1) is 19.1. The van der Waals surface area contributed by atoms with Crippen molar-refractivity contribution in [2.75, 3.05) is 20.1 Å². The minimum atomic E-state index is 0.457. The Morgan fingerprint density at radius 1 is 1.14 bits per heavy atom. The molecular weight excluding hydrogens is 364 g/mol. The molecule has 1 aliphatic heterocycles. The molecule has 0 aliphatic carbocycles. The summed E-state index contributed by atoms with van der Waals surface area (Å²) in [6, 6.07) is 8.25. The first-order valence-corrected chi connectivity index (χ1v) is 9.73. The predicted octanol–water partition coefficient (Wildman–Crippen LogP) is 1.99. The molecule has 1 fully saturated rings. The van der Waals surface area contributed by atoms with E-state index in [1.165, 1.54) is 5.01 Å². The fourth-order valence-corrected chi connectivity index (χ4v) is 3.52. The van der Waals surface area contributed by atoms with E-state index in [1.54, 1.807) is 13.2 Å². The van der Waals surface area contributed by atoms with Gasteiger partial charge in [-0.3, -0.25) is 4.68 Å². The minimum Gasteiger partial charge on any atom is -0.397 e. The Morgan fingerprint density at radius 3 is 2.62 bits per heavy atom. The quantitative estimate of drug-likeness (QED) is 0.451. The number of hydrogen-bond donors (Lipinski definition) is 3. The largest absolute Gasteiger partial charge is 0.397 e. The van der Waals surface area contributed by atoms with Crippen molar-refractivity contribution in [3.63, 3.8) is 0 Å². The monoisotopic (exact) mass is 390 g/mol. The number of hydrazine groups is 1.